The number of nitrogens with one attached hydrogen (secondary N) is 1. The Labute approximate surface area is 106 Å². The van der Waals surface area contributed by atoms with Gasteiger partial charge in [0.25, 0.3) is 5.91 Å². The SMILES string of the molecule is COc1cccc(C(=O)NC(C)(C)C(N)=S)c1. The number of thiocarbonyl (C=S) groups is 1. The molecule has 92 valence electrons. The summed E-state index contributed by atoms with van der Waals surface area (Å²) in [6, 6.07) is 6.88. The minimum atomic E-state index is -0.713. The third-order valence-electron chi connectivity index (χ3n) is 2.37. The van der Waals surface area contributed by atoms with Gasteiger partial charge in [0, 0.05) is 5.56 Å². The monoisotopic (exact) mass is 252 g/mol. The number of rotatable bonds is 4. The van der Waals surface area contributed by atoms with Crippen LogP contribution in [0, 0.1) is 0 Å². The summed E-state index contributed by atoms with van der Waals surface area (Å²) in [7, 11) is 1.55. The van der Waals surface area contributed by atoms with Crippen molar-refractivity contribution in [2.75, 3.05) is 7.11 Å². The summed E-state index contributed by atoms with van der Waals surface area (Å²) in [5.74, 6) is 0.396. The Morgan fingerprint density at radius 2 is 2.12 bits per heavy atom. The molecule has 0 atom stereocenters. The van der Waals surface area contributed by atoms with Crippen molar-refractivity contribution >= 4 is 23.1 Å². The molecule has 1 aromatic rings. The van der Waals surface area contributed by atoms with Gasteiger partial charge < -0.3 is 15.8 Å². The largest absolute Gasteiger partial charge is 0.497 e. The standard InChI is InChI=1S/C12H16N2O2S/c1-12(2,11(13)17)14-10(15)8-5-4-6-9(7-8)16-3/h4-7H,1-3H3,(H2,13,17)(H,14,15). The number of benzene rings is 1. The summed E-state index contributed by atoms with van der Waals surface area (Å²) >= 11 is 4.89. The third-order valence-corrected chi connectivity index (χ3v) is 2.88. The van der Waals surface area contributed by atoms with Crippen LogP contribution in [0.1, 0.15) is 24.2 Å². The van der Waals surface area contributed by atoms with E-state index in [1.54, 1.807) is 45.2 Å². The highest BCUT2D eigenvalue weighted by Crippen LogP contribution is 2.13. The first kappa shape index (κ1) is 13.4. The molecule has 0 saturated heterocycles. The van der Waals surface area contributed by atoms with E-state index in [9.17, 15) is 4.79 Å². The Bertz CT molecular complexity index is 444. The third kappa shape index (κ3) is 3.42. The Hall–Kier alpha value is -1.62. The van der Waals surface area contributed by atoms with E-state index in [0.29, 0.717) is 11.3 Å². The van der Waals surface area contributed by atoms with Crippen molar-refractivity contribution in [2.45, 2.75) is 19.4 Å². The van der Waals surface area contributed by atoms with Crippen molar-refractivity contribution in [1.82, 2.24) is 5.32 Å². The molecule has 1 aromatic carbocycles. The first-order valence-corrected chi connectivity index (χ1v) is 5.54. The number of carbonyl (C=O) groups excluding carboxylic acids is 1. The molecule has 0 aliphatic rings. The van der Waals surface area contributed by atoms with Gasteiger partial charge >= 0.3 is 0 Å². The molecule has 5 heteroatoms. The fourth-order valence-corrected chi connectivity index (χ4v) is 1.23. The minimum Gasteiger partial charge on any atom is -0.497 e. The Balaban J connectivity index is 2.86. The molecule has 0 fully saturated rings. The van der Waals surface area contributed by atoms with Crippen molar-refractivity contribution in [2.24, 2.45) is 5.73 Å². The molecule has 0 aliphatic carbocycles. The number of hydrogen-bond donors (Lipinski definition) is 2. The van der Waals surface area contributed by atoms with Crippen LogP contribution in [0.25, 0.3) is 0 Å². The molecule has 0 bridgehead atoms. The van der Waals surface area contributed by atoms with E-state index < -0.39 is 5.54 Å². The molecule has 4 nitrogen and oxygen atoms in total. The van der Waals surface area contributed by atoms with Crippen LogP contribution in [0.2, 0.25) is 0 Å². The number of ether oxygens (including phenoxy) is 1. The second kappa shape index (κ2) is 5.14. The van der Waals surface area contributed by atoms with E-state index >= 15 is 0 Å². The number of amides is 1. The van der Waals surface area contributed by atoms with Crippen molar-refractivity contribution in [3.63, 3.8) is 0 Å². The van der Waals surface area contributed by atoms with Crippen molar-refractivity contribution in [3.05, 3.63) is 29.8 Å². The Morgan fingerprint density at radius 3 is 2.65 bits per heavy atom. The van der Waals surface area contributed by atoms with E-state index in [-0.39, 0.29) is 10.9 Å². The van der Waals surface area contributed by atoms with E-state index in [1.807, 2.05) is 0 Å². The molecule has 0 saturated carbocycles. The van der Waals surface area contributed by atoms with Gasteiger partial charge in [0.15, 0.2) is 0 Å². The molecule has 0 radical (unpaired) electrons. The lowest BCUT2D eigenvalue weighted by atomic mass is 10.0. The van der Waals surface area contributed by atoms with Gasteiger partial charge in [0.05, 0.1) is 17.6 Å². The molecule has 0 aliphatic heterocycles. The van der Waals surface area contributed by atoms with Gasteiger partial charge in [-0.2, -0.15) is 0 Å². The van der Waals surface area contributed by atoms with E-state index in [1.165, 1.54) is 0 Å². The van der Waals surface area contributed by atoms with E-state index in [0.717, 1.165) is 0 Å². The molecular weight excluding hydrogens is 236 g/mol. The quantitative estimate of drug-likeness (QED) is 0.797. The summed E-state index contributed by atoms with van der Waals surface area (Å²) in [6.07, 6.45) is 0. The molecule has 0 spiro atoms. The predicted octanol–water partition coefficient (Wildman–Crippen LogP) is 1.49. The van der Waals surface area contributed by atoms with Gasteiger partial charge in [-0.25, -0.2) is 0 Å². The lowest BCUT2D eigenvalue weighted by Gasteiger charge is -2.24. The topological polar surface area (TPSA) is 64.3 Å². The van der Waals surface area contributed by atoms with E-state index in [4.69, 9.17) is 22.7 Å². The fraction of sp³-hybridized carbons (Fsp3) is 0.333. The van der Waals surface area contributed by atoms with Crippen LogP contribution in [0.4, 0.5) is 0 Å². The highest BCUT2D eigenvalue weighted by Gasteiger charge is 2.24. The minimum absolute atomic E-state index is 0.235. The predicted molar refractivity (Wildman–Crippen MR) is 71.3 cm³/mol. The normalized spacial score (nSPS) is 10.8. The number of carbonyl (C=O) groups is 1. The lowest BCUT2D eigenvalue weighted by Crippen LogP contribution is -2.52. The van der Waals surface area contributed by atoms with Gasteiger partial charge in [-0.3, -0.25) is 4.79 Å². The smallest absolute Gasteiger partial charge is 0.252 e. The first-order valence-electron chi connectivity index (χ1n) is 5.13. The van der Waals surface area contributed by atoms with Crippen LogP contribution in [0.3, 0.4) is 0 Å². The summed E-state index contributed by atoms with van der Waals surface area (Å²) in [6.45, 7) is 3.51. The average Bonchev–Trinajstić information content (AvgIpc) is 2.28. The summed E-state index contributed by atoms with van der Waals surface area (Å²) in [5.41, 5.74) is 5.34. The zero-order chi connectivity index (χ0) is 13.1. The molecule has 0 heterocycles. The zero-order valence-corrected chi connectivity index (χ0v) is 10.9. The van der Waals surface area contributed by atoms with Gasteiger partial charge in [-0.05, 0) is 32.0 Å². The van der Waals surface area contributed by atoms with Crippen molar-refractivity contribution in [3.8, 4) is 5.75 Å². The summed E-state index contributed by atoms with van der Waals surface area (Å²) in [5, 5.41) is 2.76. The number of methoxy groups -OCH3 is 1. The lowest BCUT2D eigenvalue weighted by molar-refractivity contribution is 0.0932. The molecule has 1 amide bonds. The van der Waals surface area contributed by atoms with Gasteiger partial charge in [-0.1, -0.05) is 18.3 Å². The molecule has 3 N–H and O–H groups in total. The second-order valence-corrected chi connectivity index (χ2v) is 4.62. The number of hydrogen-bond acceptors (Lipinski definition) is 3. The zero-order valence-electron chi connectivity index (χ0n) is 10.1. The maximum atomic E-state index is 12.0. The van der Waals surface area contributed by atoms with Gasteiger partial charge in [0.1, 0.15) is 5.75 Å². The second-order valence-electron chi connectivity index (χ2n) is 4.18. The van der Waals surface area contributed by atoms with Gasteiger partial charge in [-0.15, -0.1) is 0 Å². The molecule has 1 rings (SSSR count). The average molecular weight is 252 g/mol. The van der Waals surface area contributed by atoms with Crippen LogP contribution in [-0.2, 0) is 0 Å². The van der Waals surface area contributed by atoms with Crippen molar-refractivity contribution in [1.29, 1.82) is 0 Å². The fourth-order valence-electron chi connectivity index (χ4n) is 1.18. The highest BCUT2D eigenvalue weighted by atomic mass is 32.1. The van der Waals surface area contributed by atoms with Gasteiger partial charge in [0.2, 0.25) is 0 Å². The van der Waals surface area contributed by atoms with Crippen LogP contribution < -0.4 is 15.8 Å². The van der Waals surface area contributed by atoms with Crippen LogP contribution in [0.5, 0.6) is 5.75 Å². The van der Waals surface area contributed by atoms with E-state index in [2.05, 4.69) is 5.32 Å². The summed E-state index contributed by atoms with van der Waals surface area (Å²) < 4.78 is 5.05. The van der Waals surface area contributed by atoms with Crippen LogP contribution >= 0.6 is 12.2 Å². The summed E-state index contributed by atoms with van der Waals surface area (Å²) in [4.78, 5) is 12.2. The maximum Gasteiger partial charge on any atom is 0.252 e. The van der Waals surface area contributed by atoms with Crippen LogP contribution in [0.15, 0.2) is 24.3 Å². The molecule has 0 unspecified atom stereocenters. The molecule has 0 aromatic heterocycles. The van der Waals surface area contributed by atoms with Crippen molar-refractivity contribution < 1.29 is 9.53 Å². The Kier molecular flexibility index (Phi) is 4.07. The molecular formula is C12H16N2O2S. The highest BCUT2D eigenvalue weighted by molar-refractivity contribution is 7.80. The first-order chi connectivity index (χ1) is 7.86. The Morgan fingerprint density at radius 1 is 1.47 bits per heavy atom. The number of nitrogens with two attached hydrogens (primary N) is 1. The molecule has 17 heavy (non-hydrogen) atoms. The maximum absolute atomic E-state index is 12.0. The van der Waals surface area contributed by atoms with Crippen LogP contribution in [-0.4, -0.2) is 23.5 Å².